The van der Waals surface area contributed by atoms with Gasteiger partial charge >= 0.3 is 0 Å². The number of aliphatic hydroxyl groups is 1. The van der Waals surface area contributed by atoms with Crippen molar-refractivity contribution < 1.29 is 5.11 Å². The Morgan fingerprint density at radius 2 is 1.72 bits per heavy atom. The predicted octanol–water partition coefficient (Wildman–Crippen LogP) is 2.91. The number of hydrogen-bond donors (Lipinski definition) is 1. The fourth-order valence-corrected chi connectivity index (χ4v) is 2.38. The van der Waals surface area contributed by atoms with E-state index in [-0.39, 0.29) is 0 Å². The van der Waals surface area contributed by atoms with Crippen molar-refractivity contribution in [2.45, 2.75) is 40.3 Å². The molecule has 0 amide bonds. The Labute approximate surface area is 108 Å². The zero-order chi connectivity index (χ0) is 13.3. The maximum Gasteiger partial charge on any atom is 0.121 e. The lowest BCUT2D eigenvalue weighted by Gasteiger charge is -2.14. The fourth-order valence-electron chi connectivity index (χ4n) is 2.38. The van der Waals surface area contributed by atoms with Crippen molar-refractivity contribution in [2.75, 3.05) is 0 Å². The highest BCUT2D eigenvalue weighted by atomic mass is 16.3. The second-order valence-electron chi connectivity index (χ2n) is 4.85. The van der Waals surface area contributed by atoms with Crippen LogP contribution in [-0.2, 0) is 6.54 Å². The highest BCUT2D eigenvalue weighted by Crippen LogP contribution is 2.24. The lowest BCUT2D eigenvalue weighted by atomic mass is 10.0. The van der Waals surface area contributed by atoms with E-state index in [1.807, 2.05) is 50.6 Å². The molecule has 0 spiro atoms. The van der Waals surface area contributed by atoms with Gasteiger partial charge < -0.3 is 5.11 Å². The first kappa shape index (κ1) is 12.8. The minimum absolute atomic E-state index is 0.607. The molecule has 1 N–H and O–H groups in total. The molecule has 1 atom stereocenters. The molecule has 3 heteroatoms. The quantitative estimate of drug-likeness (QED) is 0.901. The summed E-state index contributed by atoms with van der Waals surface area (Å²) in [5.74, 6) is 0. The largest absolute Gasteiger partial charge is 0.382 e. The first-order valence-electron chi connectivity index (χ1n) is 6.32. The van der Waals surface area contributed by atoms with Crippen molar-refractivity contribution >= 4 is 0 Å². The van der Waals surface area contributed by atoms with Crippen LogP contribution in [0.5, 0.6) is 0 Å². The smallest absolute Gasteiger partial charge is 0.121 e. The standard InChI is InChI=1S/C15H20N2O/c1-5-17-14(9-12(4)16-17)15(18)13-7-10(2)6-11(3)8-13/h6-9,15,18H,5H2,1-4H3. The van der Waals surface area contributed by atoms with E-state index in [0.29, 0.717) is 0 Å². The molecule has 0 saturated heterocycles. The molecule has 0 aliphatic carbocycles. The molecule has 0 fully saturated rings. The Kier molecular flexibility index (Phi) is 3.53. The third-order valence-electron chi connectivity index (χ3n) is 3.07. The number of aromatic nitrogens is 2. The Bertz CT molecular complexity index is 537. The highest BCUT2D eigenvalue weighted by molar-refractivity contribution is 5.34. The Morgan fingerprint density at radius 1 is 1.11 bits per heavy atom. The van der Waals surface area contributed by atoms with Gasteiger partial charge in [0.25, 0.3) is 0 Å². The predicted molar refractivity (Wildman–Crippen MR) is 72.6 cm³/mol. The SMILES string of the molecule is CCn1nc(C)cc1C(O)c1cc(C)cc(C)c1. The molecule has 0 aliphatic rings. The molecule has 2 aromatic rings. The average molecular weight is 244 g/mol. The van der Waals surface area contributed by atoms with E-state index >= 15 is 0 Å². The maximum atomic E-state index is 10.5. The maximum absolute atomic E-state index is 10.5. The normalized spacial score (nSPS) is 12.7. The van der Waals surface area contributed by atoms with Gasteiger partial charge in [-0.2, -0.15) is 5.10 Å². The average Bonchev–Trinajstić information content (AvgIpc) is 2.68. The van der Waals surface area contributed by atoms with Crippen LogP contribution in [0.4, 0.5) is 0 Å². The van der Waals surface area contributed by atoms with E-state index in [4.69, 9.17) is 0 Å². The molecule has 3 nitrogen and oxygen atoms in total. The van der Waals surface area contributed by atoms with E-state index in [1.54, 1.807) is 0 Å². The molecular weight excluding hydrogens is 224 g/mol. The number of rotatable bonds is 3. The van der Waals surface area contributed by atoms with Gasteiger partial charge in [0.2, 0.25) is 0 Å². The highest BCUT2D eigenvalue weighted by Gasteiger charge is 2.16. The third kappa shape index (κ3) is 2.46. The molecule has 96 valence electrons. The third-order valence-corrected chi connectivity index (χ3v) is 3.07. The molecule has 18 heavy (non-hydrogen) atoms. The molecule has 2 rings (SSSR count). The van der Waals surface area contributed by atoms with Crippen LogP contribution in [0.15, 0.2) is 24.3 Å². The van der Waals surface area contributed by atoms with Crippen LogP contribution in [0.25, 0.3) is 0 Å². The monoisotopic (exact) mass is 244 g/mol. The van der Waals surface area contributed by atoms with Crippen molar-refractivity contribution in [3.05, 3.63) is 52.3 Å². The Hall–Kier alpha value is -1.61. The lowest BCUT2D eigenvalue weighted by molar-refractivity contribution is 0.208. The molecule has 0 radical (unpaired) electrons. The van der Waals surface area contributed by atoms with Crippen LogP contribution in [-0.4, -0.2) is 14.9 Å². The first-order chi connectivity index (χ1) is 8.51. The first-order valence-corrected chi connectivity index (χ1v) is 6.32. The summed E-state index contributed by atoms with van der Waals surface area (Å²) in [5, 5.41) is 14.9. The molecule has 1 aromatic carbocycles. The zero-order valence-corrected chi connectivity index (χ0v) is 11.4. The van der Waals surface area contributed by atoms with Gasteiger partial charge in [0.15, 0.2) is 0 Å². The van der Waals surface area contributed by atoms with Crippen molar-refractivity contribution in [3.63, 3.8) is 0 Å². The van der Waals surface area contributed by atoms with Crippen LogP contribution in [0.2, 0.25) is 0 Å². The summed E-state index contributed by atoms with van der Waals surface area (Å²) in [6.45, 7) is 8.84. The molecule has 0 saturated carbocycles. The second-order valence-corrected chi connectivity index (χ2v) is 4.85. The topological polar surface area (TPSA) is 38.0 Å². The molecular formula is C15H20N2O. The van der Waals surface area contributed by atoms with Crippen LogP contribution < -0.4 is 0 Å². The second kappa shape index (κ2) is 4.94. The molecule has 1 heterocycles. The minimum Gasteiger partial charge on any atom is -0.382 e. The van der Waals surface area contributed by atoms with E-state index < -0.39 is 6.10 Å². The van der Waals surface area contributed by atoms with Crippen LogP contribution in [0.1, 0.15) is 41.1 Å². The summed E-state index contributed by atoms with van der Waals surface area (Å²) in [5.41, 5.74) is 5.07. The van der Waals surface area contributed by atoms with E-state index in [1.165, 1.54) is 11.1 Å². The number of nitrogens with zero attached hydrogens (tertiary/aromatic N) is 2. The number of benzene rings is 1. The van der Waals surface area contributed by atoms with Gasteiger partial charge in [-0.15, -0.1) is 0 Å². The summed E-state index contributed by atoms with van der Waals surface area (Å²) in [6.07, 6.45) is -0.607. The summed E-state index contributed by atoms with van der Waals surface area (Å²) < 4.78 is 1.86. The van der Waals surface area contributed by atoms with Gasteiger partial charge in [-0.25, -0.2) is 0 Å². The van der Waals surface area contributed by atoms with E-state index in [2.05, 4.69) is 11.2 Å². The van der Waals surface area contributed by atoms with Crippen molar-refractivity contribution in [3.8, 4) is 0 Å². The van der Waals surface area contributed by atoms with Crippen LogP contribution in [0.3, 0.4) is 0 Å². The number of hydrogen-bond acceptors (Lipinski definition) is 2. The van der Waals surface area contributed by atoms with Crippen molar-refractivity contribution in [1.29, 1.82) is 0 Å². The van der Waals surface area contributed by atoms with Crippen LogP contribution >= 0.6 is 0 Å². The van der Waals surface area contributed by atoms with Crippen LogP contribution in [0, 0.1) is 20.8 Å². The van der Waals surface area contributed by atoms with Gasteiger partial charge in [-0.3, -0.25) is 4.68 Å². The summed E-state index contributed by atoms with van der Waals surface area (Å²) in [7, 11) is 0. The van der Waals surface area contributed by atoms with Crippen molar-refractivity contribution in [1.82, 2.24) is 9.78 Å². The molecule has 0 bridgehead atoms. The number of aryl methyl sites for hydroxylation is 4. The van der Waals surface area contributed by atoms with Gasteiger partial charge in [-0.1, -0.05) is 29.3 Å². The van der Waals surface area contributed by atoms with Gasteiger partial charge in [0, 0.05) is 6.54 Å². The van der Waals surface area contributed by atoms with E-state index in [9.17, 15) is 5.11 Å². The summed E-state index contributed by atoms with van der Waals surface area (Å²) >= 11 is 0. The molecule has 1 unspecified atom stereocenters. The summed E-state index contributed by atoms with van der Waals surface area (Å²) in [4.78, 5) is 0. The zero-order valence-electron chi connectivity index (χ0n) is 11.4. The summed E-state index contributed by atoms with van der Waals surface area (Å²) in [6, 6.07) is 8.12. The Morgan fingerprint density at radius 3 is 2.28 bits per heavy atom. The lowest BCUT2D eigenvalue weighted by Crippen LogP contribution is -2.09. The van der Waals surface area contributed by atoms with Crippen molar-refractivity contribution in [2.24, 2.45) is 0 Å². The molecule has 1 aromatic heterocycles. The Balaban J connectivity index is 2.43. The fraction of sp³-hybridized carbons (Fsp3) is 0.400. The molecule has 0 aliphatic heterocycles. The number of aliphatic hydroxyl groups excluding tert-OH is 1. The van der Waals surface area contributed by atoms with E-state index in [0.717, 1.165) is 23.5 Å². The minimum atomic E-state index is -0.607. The van der Waals surface area contributed by atoms with Gasteiger partial charge in [-0.05, 0) is 39.3 Å². The van der Waals surface area contributed by atoms with Gasteiger partial charge in [0.05, 0.1) is 11.4 Å². The van der Waals surface area contributed by atoms with Gasteiger partial charge in [0.1, 0.15) is 6.10 Å².